The third kappa shape index (κ3) is 6.64. The summed E-state index contributed by atoms with van der Waals surface area (Å²) in [6.45, 7) is 5.14. The van der Waals surface area contributed by atoms with Crippen LogP contribution in [0.15, 0.2) is 78.9 Å². The van der Waals surface area contributed by atoms with Gasteiger partial charge in [-0.2, -0.15) is 0 Å². The van der Waals surface area contributed by atoms with E-state index < -0.39 is 0 Å². The zero-order valence-electron chi connectivity index (χ0n) is 17.8. The minimum atomic E-state index is -0.256. The lowest BCUT2D eigenvalue weighted by Crippen LogP contribution is -2.08. The van der Waals surface area contributed by atoms with Gasteiger partial charge in [0.1, 0.15) is 5.75 Å². The van der Waals surface area contributed by atoms with Crippen LogP contribution in [-0.2, 0) is 4.79 Å². The topological polar surface area (TPSA) is 56.8 Å². The molecular formula is C26H27NO4. The van der Waals surface area contributed by atoms with Crippen molar-refractivity contribution in [1.82, 2.24) is 0 Å². The number of para-hydroxylation sites is 3. The van der Waals surface area contributed by atoms with Gasteiger partial charge in [0.15, 0.2) is 17.2 Å². The number of carbonyl (C=O) groups excluding carboxylic acids is 1. The Morgan fingerprint density at radius 2 is 1.65 bits per heavy atom. The molecule has 0 fully saturated rings. The lowest BCUT2D eigenvalue weighted by Gasteiger charge is -2.12. The van der Waals surface area contributed by atoms with E-state index in [1.807, 2.05) is 73.7 Å². The van der Waals surface area contributed by atoms with Crippen LogP contribution in [0, 0.1) is 0 Å². The molecular weight excluding hydrogens is 390 g/mol. The van der Waals surface area contributed by atoms with E-state index in [9.17, 15) is 4.79 Å². The summed E-state index contributed by atoms with van der Waals surface area (Å²) in [6, 6.07) is 22.4. The summed E-state index contributed by atoms with van der Waals surface area (Å²) in [5.74, 6) is 2.39. The lowest BCUT2D eigenvalue weighted by molar-refractivity contribution is -0.111. The summed E-state index contributed by atoms with van der Waals surface area (Å²) in [7, 11) is 0. The van der Waals surface area contributed by atoms with Crippen LogP contribution in [0.2, 0.25) is 0 Å². The highest BCUT2D eigenvalue weighted by Gasteiger charge is 2.08. The second kappa shape index (κ2) is 11.5. The average molecular weight is 418 g/mol. The third-order valence-corrected chi connectivity index (χ3v) is 4.27. The minimum Gasteiger partial charge on any atom is -0.490 e. The van der Waals surface area contributed by atoms with Crippen LogP contribution in [0.25, 0.3) is 6.08 Å². The van der Waals surface area contributed by atoms with Gasteiger partial charge < -0.3 is 19.5 Å². The number of benzene rings is 3. The van der Waals surface area contributed by atoms with Crippen molar-refractivity contribution in [2.24, 2.45) is 0 Å². The Kier molecular flexibility index (Phi) is 8.12. The largest absolute Gasteiger partial charge is 0.490 e. The molecule has 0 aromatic heterocycles. The zero-order chi connectivity index (χ0) is 21.9. The molecule has 3 aromatic rings. The highest BCUT2D eigenvalue weighted by Crippen LogP contribution is 2.30. The maximum Gasteiger partial charge on any atom is 0.248 e. The van der Waals surface area contributed by atoms with Gasteiger partial charge in [-0.15, -0.1) is 0 Å². The molecule has 0 bridgehead atoms. The molecule has 0 unspecified atom stereocenters. The molecule has 0 spiro atoms. The van der Waals surface area contributed by atoms with E-state index in [2.05, 4.69) is 12.2 Å². The molecule has 0 aliphatic heterocycles. The van der Waals surface area contributed by atoms with Crippen LogP contribution in [0.1, 0.15) is 25.8 Å². The molecule has 3 aromatic carbocycles. The monoisotopic (exact) mass is 417 g/mol. The van der Waals surface area contributed by atoms with Crippen LogP contribution >= 0.6 is 0 Å². The summed E-state index contributed by atoms with van der Waals surface area (Å²) < 4.78 is 17.3. The van der Waals surface area contributed by atoms with Crippen LogP contribution in [-0.4, -0.2) is 19.1 Å². The Morgan fingerprint density at radius 1 is 0.871 bits per heavy atom. The first-order valence-electron chi connectivity index (χ1n) is 10.4. The molecule has 0 saturated heterocycles. The number of ether oxygens (including phenoxy) is 3. The third-order valence-electron chi connectivity index (χ3n) is 4.27. The first-order chi connectivity index (χ1) is 15.2. The number of hydrogen-bond acceptors (Lipinski definition) is 4. The van der Waals surface area contributed by atoms with Gasteiger partial charge in [-0.05, 0) is 61.4 Å². The number of anilines is 1. The van der Waals surface area contributed by atoms with Crippen LogP contribution < -0.4 is 19.5 Å². The Labute approximate surface area is 183 Å². The quantitative estimate of drug-likeness (QED) is 0.392. The van der Waals surface area contributed by atoms with Crippen molar-refractivity contribution >= 4 is 17.7 Å². The van der Waals surface area contributed by atoms with Crippen LogP contribution in [0.4, 0.5) is 5.69 Å². The van der Waals surface area contributed by atoms with Crippen molar-refractivity contribution in [2.75, 3.05) is 18.5 Å². The molecule has 0 radical (unpaired) electrons. The van der Waals surface area contributed by atoms with E-state index in [0.717, 1.165) is 12.0 Å². The van der Waals surface area contributed by atoms with E-state index in [1.54, 1.807) is 12.1 Å². The smallest absolute Gasteiger partial charge is 0.248 e. The number of rotatable bonds is 10. The van der Waals surface area contributed by atoms with Gasteiger partial charge in [0, 0.05) is 6.08 Å². The number of nitrogens with one attached hydrogen (secondary N) is 1. The molecule has 1 N–H and O–H groups in total. The molecule has 1 amide bonds. The molecule has 0 heterocycles. The minimum absolute atomic E-state index is 0.256. The molecule has 0 saturated carbocycles. The number of carbonyl (C=O) groups is 1. The van der Waals surface area contributed by atoms with Gasteiger partial charge in [-0.1, -0.05) is 43.3 Å². The van der Waals surface area contributed by atoms with E-state index in [-0.39, 0.29) is 5.91 Å². The fourth-order valence-corrected chi connectivity index (χ4v) is 2.85. The summed E-state index contributed by atoms with van der Waals surface area (Å²) in [4.78, 5) is 12.5. The van der Waals surface area contributed by atoms with E-state index in [0.29, 0.717) is 41.9 Å². The Balaban J connectivity index is 1.69. The number of amides is 1. The highest BCUT2D eigenvalue weighted by molar-refractivity contribution is 6.02. The van der Waals surface area contributed by atoms with Gasteiger partial charge in [0.2, 0.25) is 5.91 Å². The Hall–Kier alpha value is -3.73. The van der Waals surface area contributed by atoms with Crippen molar-refractivity contribution in [3.8, 4) is 23.0 Å². The maximum absolute atomic E-state index is 12.5. The normalized spacial score (nSPS) is 10.6. The highest BCUT2D eigenvalue weighted by atomic mass is 16.5. The summed E-state index contributed by atoms with van der Waals surface area (Å²) in [5.41, 5.74) is 1.44. The summed E-state index contributed by atoms with van der Waals surface area (Å²) in [5, 5.41) is 2.87. The Morgan fingerprint density at radius 3 is 2.42 bits per heavy atom. The van der Waals surface area contributed by atoms with Crippen molar-refractivity contribution in [3.05, 3.63) is 84.4 Å². The second-order valence-electron chi connectivity index (χ2n) is 6.72. The maximum atomic E-state index is 12.5. The van der Waals surface area contributed by atoms with Crippen molar-refractivity contribution in [2.45, 2.75) is 20.3 Å². The van der Waals surface area contributed by atoms with E-state index in [4.69, 9.17) is 14.2 Å². The SMILES string of the molecule is CCCOc1ccc(/C=C/C(=O)Nc2ccccc2Oc2ccccc2)cc1OCC. The first kappa shape index (κ1) is 22.0. The van der Waals surface area contributed by atoms with Gasteiger partial charge in [-0.25, -0.2) is 0 Å². The predicted molar refractivity (Wildman–Crippen MR) is 124 cm³/mol. The van der Waals surface area contributed by atoms with Gasteiger partial charge in [0.05, 0.1) is 18.9 Å². The van der Waals surface area contributed by atoms with E-state index in [1.165, 1.54) is 6.08 Å². The fraction of sp³-hybridized carbons (Fsp3) is 0.192. The standard InChI is InChI=1S/C26H27NO4/c1-3-18-30-24-16-14-20(19-25(24)29-4-2)15-17-26(28)27-22-12-8-9-13-23(22)31-21-10-6-5-7-11-21/h5-17,19H,3-4,18H2,1-2H3,(H,27,28)/b17-15+. The molecule has 31 heavy (non-hydrogen) atoms. The van der Waals surface area contributed by atoms with Gasteiger partial charge in [-0.3, -0.25) is 4.79 Å². The van der Waals surface area contributed by atoms with E-state index >= 15 is 0 Å². The van der Waals surface area contributed by atoms with Gasteiger partial charge >= 0.3 is 0 Å². The number of hydrogen-bond donors (Lipinski definition) is 1. The summed E-state index contributed by atoms with van der Waals surface area (Å²) in [6.07, 6.45) is 4.14. The molecule has 0 atom stereocenters. The predicted octanol–water partition coefficient (Wildman–Crippen LogP) is 6.32. The molecule has 5 nitrogen and oxygen atoms in total. The van der Waals surface area contributed by atoms with Crippen molar-refractivity contribution in [3.63, 3.8) is 0 Å². The van der Waals surface area contributed by atoms with Crippen molar-refractivity contribution in [1.29, 1.82) is 0 Å². The average Bonchev–Trinajstić information content (AvgIpc) is 2.79. The molecule has 3 rings (SSSR count). The second-order valence-corrected chi connectivity index (χ2v) is 6.72. The zero-order valence-corrected chi connectivity index (χ0v) is 17.8. The summed E-state index contributed by atoms with van der Waals surface area (Å²) >= 11 is 0. The molecule has 160 valence electrons. The van der Waals surface area contributed by atoms with Crippen LogP contribution in [0.5, 0.6) is 23.0 Å². The Bertz CT molecular complexity index is 1010. The van der Waals surface area contributed by atoms with Crippen molar-refractivity contribution < 1.29 is 19.0 Å². The van der Waals surface area contributed by atoms with Crippen LogP contribution in [0.3, 0.4) is 0 Å². The lowest BCUT2D eigenvalue weighted by atomic mass is 10.2. The van der Waals surface area contributed by atoms with Gasteiger partial charge in [0.25, 0.3) is 0 Å². The molecule has 5 heteroatoms. The molecule has 0 aliphatic rings. The fourth-order valence-electron chi connectivity index (χ4n) is 2.85. The first-order valence-corrected chi connectivity index (χ1v) is 10.4. The molecule has 0 aliphatic carbocycles.